The predicted molar refractivity (Wildman–Crippen MR) is 93.0 cm³/mol. The van der Waals surface area contributed by atoms with Gasteiger partial charge in [-0.15, -0.1) is 0 Å². The second-order valence-corrected chi connectivity index (χ2v) is 5.69. The number of rotatable bonds is 3. The molecule has 0 bridgehead atoms. The third-order valence-corrected chi connectivity index (χ3v) is 3.95. The number of amidine groups is 1. The molecule has 2 aromatic rings. The first kappa shape index (κ1) is 16.5. The molecule has 0 spiro atoms. The molecule has 1 unspecified atom stereocenters. The first-order valence-electron chi connectivity index (χ1n) is 7.81. The summed E-state index contributed by atoms with van der Waals surface area (Å²) < 4.78 is 5.17. The minimum absolute atomic E-state index is 0.0846. The van der Waals surface area contributed by atoms with E-state index in [1.807, 2.05) is 31.2 Å². The number of nitrogens with zero attached hydrogens (tertiary/aromatic N) is 3. The highest BCUT2D eigenvalue weighted by Crippen LogP contribution is 2.29. The number of aromatic nitrogens is 1. The van der Waals surface area contributed by atoms with E-state index in [1.54, 1.807) is 6.07 Å². The summed E-state index contributed by atoms with van der Waals surface area (Å²) in [7, 11) is 0. The number of hydrogen-bond donors (Lipinski definition) is 2. The van der Waals surface area contributed by atoms with Crippen molar-refractivity contribution in [2.75, 3.05) is 11.9 Å². The van der Waals surface area contributed by atoms with E-state index in [0.717, 1.165) is 17.5 Å². The van der Waals surface area contributed by atoms with Crippen LogP contribution < -0.4 is 11.1 Å². The molecule has 7 heteroatoms. The molecule has 3 N–H and O–H groups in total. The lowest BCUT2D eigenvalue weighted by atomic mass is 9.98. The molecular formula is C18H17N5O2. The molecule has 0 fully saturated rings. The van der Waals surface area contributed by atoms with Crippen molar-refractivity contribution >= 4 is 17.6 Å². The maximum Gasteiger partial charge on any atom is 0.282 e. The Morgan fingerprint density at radius 3 is 2.92 bits per heavy atom. The van der Waals surface area contributed by atoms with E-state index >= 15 is 0 Å². The molecule has 1 aromatic carbocycles. The van der Waals surface area contributed by atoms with Gasteiger partial charge in [0.2, 0.25) is 0 Å². The van der Waals surface area contributed by atoms with Gasteiger partial charge >= 0.3 is 0 Å². The number of carbonyl (C=O) groups excluding carboxylic acids is 1. The molecule has 126 valence electrons. The molecular weight excluding hydrogens is 318 g/mol. The number of hydrogen-bond acceptors (Lipinski definition) is 6. The van der Waals surface area contributed by atoms with Gasteiger partial charge in [-0.3, -0.25) is 4.79 Å². The fourth-order valence-corrected chi connectivity index (χ4v) is 2.62. The fraction of sp³-hybridized carbons (Fsp3) is 0.222. The summed E-state index contributed by atoms with van der Waals surface area (Å²) in [5.41, 5.74) is 9.02. The highest BCUT2D eigenvalue weighted by atomic mass is 16.5. The first-order valence-corrected chi connectivity index (χ1v) is 7.81. The molecule has 0 saturated heterocycles. The van der Waals surface area contributed by atoms with Crippen LogP contribution in [0.15, 0.2) is 41.5 Å². The molecule has 1 aliphatic rings. The second-order valence-electron chi connectivity index (χ2n) is 5.69. The van der Waals surface area contributed by atoms with Crippen molar-refractivity contribution in [1.82, 2.24) is 4.98 Å². The van der Waals surface area contributed by atoms with Crippen molar-refractivity contribution in [2.24, 2.45) is 10.7 Å². The normalized spacial score (nSPS) is 16.3. The number of aryl methyl sites for hydroxylation is 1. The first-order chi connectivity index (χ1) is 12.1. The third kappa shape index (κ3) is 3.75. The Morgan fingerprint density at radius 2 is 2.24 bits per heavy atom. The molecule has 2 heterocycles. The van der Waals surface area contributed by atoms with E-state index in [9.17, 15) is 4.79 Å². The molecule has 1 amide bonds. The molecule has 25 heavy (non-hydrogen) atoms. The summed E-state index contributed by atoms with van der Waals surface area (Å²) in [6.07, 6.45) is 2.10. The second kappa shape index (κ2) is 7.01. The maximum absolute atomic E-state index is 12.3. The number of pyridine rings is 1. The van der Waals surface area contributed by atoms with Crippen LogP contribution >= 0.6 is 0 Å². The zero-order valence-electron chi connectivity index (χ0n) is 13.7. The number of nitrogens with one attached hydrogen (secondary N) is 1. The standard InChI is InChI=1S/C18H17N5O2/c1-11-2-4-13(8-14(11)15-6-7-25-18(20)23-15)22-17(24)16-5-3-12(9-19)10-21-16/h2-5,8,10,15H,6-7H2,1H3,(H2,20,23)(H,22,24). The lowest BCUT2D eigenvalue weighted by Gasteiger charge is -2.21. The number of nitrogens with two attached hydrogens (primary N) is 1. The van der Waals surface area contributed by atoms with Crippen molar-refractivity contribution in [3.63, 3.8) is 0 Å². The van der Waals surface area contributed by atoms with E-state index in [-0.39, 0.29) is 23.7 Å². The summed E-state index contributed by atoms with van der Waals surface area (Å²) in [6.45, 7) is 2.51. The number of carbonyl (C=O) groups is 1. The van der Waals surface area contributed by atoms with Crippen LogP contribution in [0.2, 0.25) is 0 Å². The summed E-state index contributed by atoms with van der Waals surface area (Å²) in [5, 5.41) is 11.6. The number of benzene rings is 1. The van der Waals surface area contributed by atoms with E-state index in [1.165, 1.54) is 12.3 Å². The third-order valence-electron chi connectivity index (χ3n) is 3.95. The Bertz CT molecular complexity index is 868. The fourth-order valence-electron chi connectivity index (χ4n) is 2.62. The number of nitriles is 1. The monoisotopic (exact) mass is 335 g/mol. The van der Waals surface area contributed by atoms with Crippen LogP contribution in [-0.2, 0) is 4.74 Å². The molecule has 1 aromatic heterocycles. The van der Waals surface area contributed by atoms with Crippen LogP contribution in [0.3, 0.4) is 0 Å². The Balaban J connectivity index is 1.81. The van der Waals surface area contributed by atoms with Gasteiger partial charge in [0, 0.05) is 18.3 Å². The summed E-state index contributed by atoms with van der Waals surface area (Å²) >= 11 is 0. The number of aliphatic imine (C=N–C) groups is 1. The number of anilines is 1. The van der Waals surface area contributed by atoms with Crippen LogP contribution in [0.1, 0.15) is 39.6 Å². The molecule has 1 aliphatic heterocycles. The van der Waals surface area contributed by atoms with E-state index in [0.29, 0.717) is 17.9 Å². The molecule has 7 nitrogen and oxygen atoms in total. The topological polar surface area (TPSA) is 113 Å². The van der Waals surface area contributed by atoms with Crippen LogP contribution in [0.5, 0.6) is 0 Å². The number of amides is 1. The average molecular weight is 335 g/mol. The zero-order chi connectivity index (χ0) is 17.8. The van der Waals surface area contributed by atoms with Crippen LogP contribution in [0.4, 0.5) is 5.69 Å². The van der Waals surface area contributed by atoms with E-state index < -0.39 is 0 Å². The van der Waals surface area contributed by atoms with E-state index in [2.05, 4.69) is 15.3 Å². The molecule has 1 atom stereocenters. The van der Waals surface area contributed by atoms with Crippen molar-refractivity contribution < 1.29 is 9.53 Å². The minimum atomic E-state index is -0.339. The highest BCUT2D eigenvalue weighted by molar-refractivity contribution is 6.02. The van der Waals surface area contributed by atoms with Gasteiger partial charge in [-0.25, -0.2) is 9.98 Å². The number of ether oxygens (including phenoxy) is 1. The van der Waals surface area contributed by atoms with Crippen molar-refractivity contribution in [1.29, 1.82) is 5.26 Å². The SMILES string of the molecule is Cc1ccc(NC(=O)c2ccc(C#N)cn2)cc1C1CCOC(N)=N1. The van der Waals surface area contributed by atoms with Crippen molar-refractivity contribution in [2.45, 2.75) is 19.4 Å². The van der Waals surface area contributed by atoms with Gasteiger partial charge < -0.3 is 15.8 Å². The maximum atomic E-state index is 12.3. The largest absolute Gasteiger partial charge is 0.465 e. The summed E-state index contributed by atoms with van der Waals surface area (Å²) in [4.78, 5) is 20.6. The van der Waals surface area contributed by atoms with Crippen molar-refractivity contribution in [3.8, 4) is 6.07 Å². The van der Waals surface area contributed by atoms with E-state index in [4.69, 9.17) is 15.7 Å². The van der Waals surface area contributed by atoms with Crippen LogP contribution in [0.25, 0.3) is 0 Å². The Labute approximate surface area is 145 Å². The van der Waals surface area contributed by atoms with Gasteiger partial charge in [0.1, 0.15) is 11.8 Å². The van der Waals surface area contributed by atoms with Crippen LogP contribution in [0, 0.1) is 18.3 Å². The van der Waals surface area contributed by atoms with Gasteiger partial charge in [0.05, 0.1) is 18.2 Å². The van der Waals surface area contributed by atoms with Gasteiger partial charge in [0.25, 0.3) is 11.9 Å². The van der Waals surface area contributed by atoms with Gasteiger partial charge in [-0.05, 0) is 42.3 Å². The summed E-state index contributed by atoms with van der Waals surface area (Å²) in [6, 6.07) is 10.8. The minimum Gasteiger partial charge on any atom is -0.465 e. The van der Waals surface area contributed by atoms with Crippen molar-refractivity contribution in [3.05, 3.63) is 58.9 Å². The van der Waals surface area contributed by atoms with Crippen LogP contribution in [-0.4, -0.2) is 23.5 Å². The molecule has 0 saturated carbocycles. The Morgan fingerprint density at radius 1 is 1.40 bits per heavy atom. The zero-order valence-corrected chi connectivity index (χ0v) is 13.7. The lowest BCUT2D eigenvalue weighted by molar-refractivity contribution is 0.102. The highest BCUT2D eigenvalue weighted by Gasteiger charge is 2.19. The molecule has 0 radical (unpaired) electrons. The smallest absolute Gasteiger partial charge is 0.282 e. The lowest BCUT2D eigenvalue weighted by Crippen LogP contribution is -2.24. The molecule has 3 rings (SSSR count). The predicted octanol–water partition coefficient (Wildman–Crippen LogP) is 2.29. The van der Waals surface area contributed by atoms with Gasteiger partial charge in [-0.1, -0.05) is 6.07 Å². The summed E-state index contributed by atoms with van der Waals surface area (Å²) in [5.74, 6) is -0.339. The van der Waals surface area contributed by atoms with Gasteiger partial charge in [0.15, 0.2) is 0 Å². The van der Waals surface area contributed by atoms with Gasteiger partial charge in [-0.2, -0.15) is 5.26 Å². The average Bonchev–Trinajstić information content (AvgIpc) is 2.63. The molecule has 0 aliphatic carbocycles. The Hall–Kier alpha value is -3.40. The Kier molecular flexibility index (Phi) is 4.61. The quantitative estimate of drug-likeness (QED) is 0.893.